The van der Waals surface area contributed by atoms with Crippen LogP contribution in [0.1, 0.15) is 118 Å². The average Bonchev–Trinajstić information content (AvgIpc) is 2.60. The number of allylic oxidation sites excluding steroid dienone is 1. The Morgan fingerprint density at radius 3 is 2.04 bits per heavy atom. The summed E-state index contributed by atoms with van der Waals surface area (Å²) < 4.78 is 0. The van der Waals surface area contributed by atoms with E-state index in [1.54, 1.807) is 0 Å². The summed E-state index contributed by atoms with van der Waals surface area (Å²) in [7, 11) is 0. The summed E-state index contributed by atoms with van der Waals surface area (Å²) >= 11 is 1.89. The molecular formula is C25H48OS. The van der Waals surface area contributed by atoms with Crippen LogP contribution in [-0.4, -0.2) is 16.5 Å². The molecule has 0 bridgehead atoms. The molecule has 0 saturated heterocycles. The summed E-state index contributed by atoms with van der Waals surface area (Å²) in [5, 5.41) is 12.8. The molecule has 0 radical (unpaired) electrons. The lowest BCUT2D eigenvalue weighted by atomic mass is 9.91. The Bertz CT molecular complexity index is 390. The third-order valence-electron chi connectivity index (χ3n) is 6.25. The van der Waals surface area contributed by atoms with Crippen LogP contribution in [0.4, 0.5) is 0 Å². The van der Waals surface area contributed by atoms with Gasteiger partial charge in [0.2, 0.25) is 0 Å². The summed E-state index contributed by atoms with van der Waals surface area (Å²) in [5.74, 6) is 2.64. The highest BCUT2D eigenvalue weighted by Gasteiger charge is 2.22. The second kappa shape index (κ2) is 15.0. The second-order valence-corrected chi connectivity index (χ2v) is 11.0. The van der Waals surface area contributed by atoms with Gasteiger partial charge in [0.05, 0.1) is 6.10 Å². The van der Waals surface area contributed by atoms with E-state index in [2.05, 4.69) is 40.0 Å². The molecule has 0 spiro atoms. The number of aliphatic hydroxyl groups is 1. The van der Waals surface area contributed by atoms with Gasteiger partial charge in [-0.1, -0.05) is 91.1 Å². The molecule has 1 aliphatic carbocycles. The molecule has 4 atom stereocenters. The normalized spacial score (nSPS) is 23.6. The second-order valence-electron chi connectivity index (χ2n) is 9.85. The van der Waals surface area contributed by atoms with Crippen molar-refractivity contribution in [2.45, 2.75) is 129 Å². The van der Waals surface area contributed by atoms with Crippen molar-refractivity contribution >= 4 is 11.8 Å². The fraction of sp³-hybridized carbons (Fsp3) is 0.920. The minimum absolute atomic E-state index is 0.0828. The van der Waals surface area contributed by atoms with Crippen LogP contribution in [-0.2, 0) is 0 Å². The van der Waals surface area contributed by atoms with Gasteiger partial charge in [-0.05, 0) is 55.8 Å². The fourth-order valence-electron chi connectivity index (χ4n) is 4.21. The standard InChI is InChI=1S/C25H48OS/c1-20(2)11-8-12-21(3)13-9-14-22(4)15-10-16-23(5)19-27-25-18-7-6-17-24(25)26/h19-22,24-26H,6-18H2,1-5H3/b23-19+/t21?,22?,24-,25-/m0/s1. The van der Waals surface area contributed by atoms with Gasteiger partial charge in [-0.25, -0.2) is 0 Å². The summed E-state index contributed by atoms with van der Waals surface area (Å²) in [6.07, 6.45) is 17.0. The zero-order chi connectivity index (χ0) is 20.1. The highest BCUT2D eigenvalue weighted by atomic mass is 32.2. The number of hydrogen-bond acceptors (Lipinski definition) is 2. The van der Waals surface area contributed by atoms with E-state index in [9.17, 15) is 5.11 Å². The molecule has 2 heteroatoms. The van der Waals surface area contributed by atoms with Crippen molar-refractivity contribution in [3.63, 3.8) is 0 Å². The molecule has 1 saturated carbocycles. The first kappa shape index (κ1) is 25.1. The van der Waals surface area contributed by atoms with Crippen LogP contribution >= 0.6 is 11.8 Å². The molecule has 0 aromatic carbocycles. The van der Waals surface area contributed by atoms with E-state index >= 15 is 0 Å². The summed E-state index contributed by atoms with van der Waals surface area (Å²) in [5.41, 5.74) is 1.50. The highest BCUT2D eigenvalue weighted by molar-refractivity contribution is 8.02. The Hall–Kier alpha value is 0.0500. The SMILES string of the molecule is C/C(=C\S[C@H]1CCCC[C@@H]1O)CCCC(C)CCCC(C)CCCC(C)C. The van der Waals surface area contributed by atoms with Crippen molar-refractivity contribution in [3.8, 4) is 0 Å². The van der Waals surface area contributed by atoms with Gasteiger partial charge in [0.25, 0.3) is 0 Å². The summed E-state index contributed by atoms with van der Waals surface area (Å²) in [4.78, 5) is 0. The molecule has 1 N–H and O–H groups in total. The van der Waals surface area contributed by atoms with Gasteiger partial charge in [-0.15, -0.1) is 11.8 Å². The molecule has 1 aliphatic rings. The molecule has 1 nitrogen and oxygen atoms in total. The fourth-order valence-corrected chi connectivity index (χ4v) is 5.35. The van der Waals surface area contributed by atoms with E-state index in [-0.39, 0.29) is 6.10 Å². The molecule has 0 aliphatic heterocycles. The van der Waals surface area contributed by atoms with Crippen LogP contribution < -0.4 is 0 Å². The van der Waals surface area contributed by atoms with Crippen LogP contribution in [0, 0.1) is 17.8 Å². The summed E-state index contributed by atoms with van der Waals surface area (Å²) in [6, 6.07) is 0. The Morgan fingerprint density at radius 2 is 1.44 bits per heavy atom. The first-order chi connectivity index (χ1) is 12.9. The molecule has 1 fully saturated rings. The van der Waals surface area contributed by atoms with Gasteiger partial charge in [0.1, 0.15) is 0 Å². The number of thioether (sulfide) groups is 1. The number of hydrogen-bond donors (Lipinski definition) is 1. The van der Waals surface area contributed by atoms with Gasteiger partial charge in [-0.2, -0.15) is 0 Å². The largest absolute Gasteiger partial charge is 0.392 e. The van der Waals surface area contributed by atoms with Crippen molar-refractivity contribution in [3.05, 3.63) is 11.0 Å². The van der Waals surface area contributed by atoms with Crippen LogP contribution in [0.15, 0.2) is 11.0 Å². The molecule has 1 rings (SSSR count). The smallest absolute Gasteiger partial charge is 0.0662 e. The quantitative estimate of drug-likeness (QED) is 0.318. The lowest BCUT2D eigenvalue weighted by molar-refractivity contribution is 0.137. The van der Waals surface area contributed by atoms with E-state index in [0.29, 0.717) is 5.25 Å². The highest BCUT2D eigenvalue weighted by Crippen LogP contribution is 2.31. The molecule has 0 aromatic rings. The van der Waals surface area contributed by atoms with Crippen molar-refractivity contribution in [2.24, 2.45) is 17.8 Å². The molecule has 0 amide bonds. The van der Waals surface area contributed by atoms with Crippen LogP contribution in [0.3, 0.4) is 0 Å². The Kier molecular flexibility index (Phi) is 13.9. The van der Waals surface area contributed by atoms with Gasteiger partial charge in [-0.3, -0.25) is 0 Å². The summed E-state index contributed by atoms with van der Waals surface area (Å²) in [6.45, 7) is 11.8. The maximum Gasteiger partial charge on any atom is 0.0662 e. The molecular weight excluding hydrogens is 348 g/mol. The van der Waals surface area contributed by atoms with Gasteiger partial charge >= 0.3 is 0 Å². The molecule has 2 unspecified atom stereocenters. The average molecular weight is 397 g/mol. The van der Waals surface area contributed by atoms with E-state index in [1.807, 2.05) is 11.8 Å². The van der Waals surface area contributed by atoms with Gasteiger partial charge < -0.3 is 5.11 Å². The topological polar surface area (TPSA) is 20.2 Å². The van der Waals surface area contributed by atoms with Crippen molar-refractivity contribution < 1.29 is 5.11 Å². The monoisotopic (exact) mass is 396 g/mol. The molecule has 0 aromatic heterocycles. The van der Waals surface area contributed by atoms with Crippen LogP contribution in [0.2, 0.25) is 0 Å². The van der Waals surface area contributed by atoms with Crippen LogP contribution in [0.5, 0.6) is 0 Å². The lowest BCUT2D eigenvalue weighted by Crippen LogP contribution is -2.26. The van der Waals surface area contributed by atoms with E-state index < -0.39 is 0 Å². The van der Waals surface area contributed by atoms with E-state index in [1.165, 1.54) is 82.6 Å². The number of aliphatic hydroxyl groups excluding tert-OH is 1. The third kappa shape index (κ3) is 13.0. The zero-order valence-corrected chi connectivity index (χ0v) is 19.8. The van der Waals surface area contributed by atoms with E-state index in [0.717, 1.165) is 24.2 Å². The van der Waals surface area contributed by atoms with Crippen LogP contribution in [0.25, 0.3) is 0 Å². The third-order valence-corrected chi connectivity index (χ3v) is 7.69. The van der Waals surface area contributed by atoms with Crippen molar-refractivity contribution in [1.82, 2.24) is 0 Å². The predicted octanol–water partition coefficient (Wildman–Crippen LogP) is 8.37. The minimum Gasteiger partial charge on any atom is -0.392 e. The Balaban J connectivity index is 2.05. The molecule has 160 valence electrons. The Morgan fingerprint density at radius 1 is 0.889 bits per heavy atom. The Labute approximate surface area is 175 Å². The minimum atomic E-state index is -0.0828. The molecule has 0 heterocycles. The van der Waals surface area contributed by atoms with Gasteiger partial charge in [0, 0.05) is 5.25 Å². The van der Waals surface area contributed by atoms with Crippen molar-refractivity contribution in [1.29, 1.82) is 0 Å². The zero-order valence-electron chi connectivity index (χ0n) is 19.0. The maximum atomic E-state index is 10.1. The molecule has 27 heavy (non-hydrogen) atoms. The first-order valence-electron chi connectivity index (χ1n) is 11.9. The predicted molar refractivity (Wildman–Crippen MR) is 124 cm³/mol. The van der Waals surface area contributed by atoms with Gasteiger partial charge in [0.15, 0.2) is 0 Å². The maximum absolute atomic E-state index is 10.1. The number of rotatable bonds is 14. The lowest BCUT2D eigenvalue weighted by Gasteiger charge is -2.26. The van der Waals surface area contributed by atoms with E-state index in [4.69, 9.17) is 0 Å². The first-order valence-corrected chi connectivity index (χ1v) is 12.8. The van der Waals surface area contributed by atoms with Crippen molar-refractivity contribution in [2.75, 3.05) is 0 Å².